The maximum atomic E-state index is 4.98. The summed E-state index contributed by atoms with van der Waals surface area (Å²) in [5.74, 6) is 12.0. The summed E-state index contributed by atoms with van der Waals surface area (Å²) in [4.78, 5) is 21.9. The van der Waals surface area contributed by atoms with Crippen molar-refractivity contribution in [3.63, 3.8) is 0 Å². The molecule has 0 atom stereocenters. The Hall–Kier alpha value is -2.64. The van der Waals surface area contributed by atoms with Crippen molar-refractivity contribution in [2.45, 2.75) is 64.2 Å². The number of hydrogen-bond donors (Lipinski definition) is 0. The fourth-order valence-corrected chi connectivity index (χ4v) is 4.07. The first kappa shape index (κ1) is 25.5. The standard InChI is InChI=1S/C14H17N3.C9H12BrN3.C5H6/c1-2-8-17(9-3-1)14-15-10-13(11-16-14)7-6-12-4-5-12;10-8-6-11-9(12-7-8)13-4-2-1-3-5-13;1-2-5-3-4-5/h10-12H,1-5,8-9H2;6-7H,1-5H2;1,5H,3-4H2. The normalized spacial score (nSPS) is 19.1. The van der Waals surface area contributed by atoms with Gasteiger partial charge in [0.25, 0.3) is 0 Å². The number of anilines is 2. The molecule has 2 saturated heterocycles. The SMILES string of the molecule is Brc1cnc(N2CCCCC2)nc1.C#CC1CC1.C(#CC1CC1)c1cnc(N2CCCCC2)nc1. The van der Waals surface area contributed by atoms with E-state index >= 15 is 0 Å². The van der Waals surface area contributed by atoms with Crippen molar-refractivity contribution in [2.24, 2.45) is 11.8 Å². The van der Waals surface area contributed by atoms with Gasteiger partial charge in [-0.15, -0.1) is 12.3 Å². The maximum absolute atomic E-state index is 4.98. The van der Waals surface area contributed by atoms with Crippen LogP contribution in [-0.4, -0.2) is 46.1 Å². The number of rotatable bonds is 2. The van der Waals surface area contributed by atoms with Gasteiger partial charge in [-0.2, -0.15) is 0 Å². The largest absolute Gasteiger partial charge is 0.341 e. The van der Waals surface area contributed by atoms with E-state index in [-0.39, 0.29) is 0 Å². The van der Waals surface area contributed by atoms with E-state index < -0.39 is 0 Å². The van der Waals surface area contributed by atoms with E-state index in [1.807, 2.05) is 12.4 Å². The van der Waals surface area contributed by atoms with Gasteiger partial charge in [-0.25, -0.2) is 19.9 Å². The minimum Gasteiger partial charge on any atom is -0.341 e. The zero-order chi connectivity index (χ0) is 24.3. The van der Waals surface area contributed by atoms with Gasteiger partial charge in [-0.3, -0.25) is 0 Å². The van der Waals surface area contributed by atoms with Crippen molar-refractivity contribution in [1.82, 2.24) is 19.9 Å². The number of hydrogen-bond acceptors (Lipinski definition) is 6. The highest BCUT2D eigenvalue weighted by Crippen LogP contribution is 2.27. The molecule has 4 aliphatic rings. The zero-order valence-electron chi connectivity index (χ0n) is 20.5. The van der Waals surface area contributed by atoms with Crippen LogP contribution >= 0.6 is 15.9 Å². The van der Waals surface area contributed by atoms with Gasteiger partial charge in [-0.1, -0.05) is 11.8 Å². The molecular formula is C28H35BrN6. The third kappa shape index (κ3) is 9.15. The minimum atomic E-state index is 0.636. The third-order valence-electron chi connectivity index (χ3n) is 6.33. The molecule has 0 bridgehead atoms. The van der Waals surface area contributed by atoms with Crippen LogP contribution in [0.4, 0.5) is 11.9 Å². The molecule has 0 amide bonds. The number of aromatic nitrogens is 4. The molecule has 7 heteroatoms. The second-order valence-corrected chi connectivity index (χ2v) is 10.5. The molecule has 0 spiro atoms. The average Bonchev–Trinajstić information content (AvgIpc) is 3.85. The Balaban J connectivity index is 0.000000141. The van der Waals surface area contributed by atoms with E-state index in [0.29, 0.717) is 11.8 Å². The summed E-state index contributed by atoms with van der Waals surface area (Å²) in [5.41, 5.74) is 0.942. The Morgan fingerprint density at radius 1 is 0.686 bits per heavy atom. The van der Waals surface area contributed by atoms with E-state index in [1.165, 1.54) is 64.2 Å². The Kier molecular flexibility index (Phi) is 9.78. The zero-order valence-corrected chi connectivity index (χ0v) is 22.1. The molecule has 4 heterocycles. The van der Waals surface area contributed by atoms with Crippen LogP contribution in [-0.2, 0) is 0 Å². The lowest BCUT2D eigenvalue weighted by Crippen LogP contribution is -2.30. The van der Waals surface area contributed by atoms with E-state index in [1.54, 1.807) is 12.4 Å². The number of halogens is 1. The molecule has 4 fully saturated rings. The molecule has 184 valence electrons. The number of nitrogens with zero attached hydrogens (tertiary/aromatic N) is 6. The molecule has 2 aliphatic carbocycles. The summed E-state index contributed by atoms with van der Waals surface area (Å²) in [6.45, 7) is 4.38. The molecule has 35 heavy (non-hydrogen) atoms. The van der Waals surface area contributed by atoms with Crippen molar-refractivity contribution in [3.8, 4) is 24.2 Å². The fraction of sp³-hybridized carbons (Fsp3) is 0.571. The molecule has 2 saturated carbocycles. The predicted octanol–water partition coefficient (Wildman–Crippen LogP) is 5.49. The van der Waals surface area contributed by atoms with Gasteiger partial charge in [0.1, 0.15) is 0 Å². The van der Waals surface area contributed by atoms with Crippen LogP contribution in [0.5, 0.6) is 0 Å². The first-order chi connectivity index (χ1) is 17.2. The number of terminal acetylenes is 1. The summed E-state index contributed by atoms with van der Waals surface area (Å²) in [7, 11) is 0. The Bertz CT molecular complexity index is 1000. The lowest BCUT2D eigenvalue weighted by molar-refractivity contribution is 0.568. The van der Waals surface area contributed by atoms with Crippen LogP contribution in [0, 0.1) is 36.0 Å². The van der Waals surface area contributed by atoms with Crippen molar-refractivity contribution in [2.75, 3.05) is 36.0 Å². The average molecular weight is 536 g/mol. The highest BCUT2D eigenvalue weighted by Gasteiger charge is 2.18. The van der Waals surface area contributed by atoms with Crippen LogP contribution in [0.25, 0.3) is 0 Å². The first-order valence-electron chi connectivity index (χ1n) is 13.0. The fourth-order valence-electron chi connectivity index (χ4n) is 3.87. The van der Waals surface area contributed by atoms with Crippen LogP contribution in [0.3, 0.4) is 0 Å². The van der Waals surface area contributed by atoms with Gasteiger partial charge in [-0.05, 0) is 80.1 Å². The van der Waals surface area contributed by atoms with E-state index in [9.17, 15) is 0 Å². The first-order valence-corrected chi connectivity index (χ1v) is 13.8. The molecule has 6 nitrogen and oxygen atoms in total. The second kappa shape index (κ2) is 13.4. The van der Waals surface area contributed by atoms with Crippen molar-refractivity contribution >= 4 is 27.8 Å². The molecule has 6 rings (SSSR count). The molecular weight excluding hydrogens is 500 g/mol. The quantitative estimate of drug-likeness (QED) is 0.475. The van der Waals surface area contributed by atoms with Gasteiger partial charge in [0.15, 0.2) is 0 Å². The summed E-state index contributed by atoms with van der Waals surface area (Å²) >= 11 is 3.33. The monoisotopic (exact) mass is 534 g/mol. The Morgan fingerprint density at radius 3 is 1.54 bits per heavy atom. The predicted molar refractivity (Wildman–Crippen MR) is 145 cm³/mol. The van der Waals surface area contributed by atoms with Gasteiger partial charge >= 0.3 is 0 Å². The smallest absolute Gasteiger partial charge is 0.225 e. The molecule has 0 radical (unpaired) electrons. The number of piperidine rings is 2. The van der Waals surface area contributed by atoms with E-state index in [0.717, 1.165) is 48.1 Å². The van der Waals surface area contributed by atoms with Crippen molar-refractivity contribution in [3.05, 3.63) is 34.8 Å². The van der Waals surface area contributed by atoms with Gasteiger partial charge in [0, 0.05) is 62.8 Å². The van der Waals surface area contributed by atoms with Gasteiger partial charge in [0.05, 0.1) is 10.0 Å². The van der Waals surface area contributed by atoms with Crippen molar-refractivity contribution < 1.29 is 0 Å². The summed E-state index contributed by atoms with van der Waals surface area (Å²) < 4.78 is 0.938. The Labute approximate surface area is 218 Å². The molecule has 2 aromatic rings. The second-order valence-electron chi connectivity index (χ2n) is 9.55. The molecule has 0 unspecified atom stereocenters. The minimum absolute atomic E-state index is 0.636. The van der Waals surface area contributed by atoms with E-state index in [2.05, 4.69) is 63.4 Å². The molecule has 0 aromatic carbocycles. The topological polar surface area (TPSA) is 58.0 Å². The lowest BCUT2D eigenvalue weighted by Gasteiger charge is -2.26. The van der Waals surface area contributed by atoms with Crippen LogP contribution < -0.4 is 9.80 Å². The summed E-state index contributed by atoms with van der Waals surface area (Å²) in [6.07, 6.45) is 25.1. The van der Waals surface area contributed by atoms with Crippen LogP contribution in [0.1, 0.15) is 69.8 Å². The highest BCUT2D eigenvalue weighted by atomic mass is 79.9. The van der Waals surface area contributed by atoms with Gasteiger partial charge in [0.2, 0.25) is 11.9 Å². The summed E-state index contributed by atoms with van der Waals surface area (Å²) in [5, 5.41) is 0. The maximum Gasteiger partial charge on any atom is 0.225 e. The highest BCUT2D eigenvalue weighted by molar-refractivity contribution is 9.10. The summed E-state index contributed by atoms with van der Waals surface area (Å²) in [6, 6.07) is 0. The van der Waals surface area contributed by atoms with E-state index in [4.69, 9.17) is 6.42 Å². The molecule has 2 aromatic heterocycles. The third-order valence-corrected chi connectivity index (χ3v) is 6.74. The van der Waals surface area contributed by atoms with Crippen LogP contribution in [0.15, 0.2) is 29.3 Å². The molecule has 0 N–H and O–H groups in total. The Morgan fingerprint density at radius 2 is 1.14 bits per heavy atom. The van der Waals surface area contributed by atoms with Crippen molar-refractivity contribution in [1.29, 1.82) is 0 Å². The van der Waals surface area contributed by atoms with Crippen LogP contribution in [0.2, 0.25) is 0 Å². The van der Waals surface area contributed by atoms with Gasteiger partial charge < -0.3 is 9.80 Å². The molecule has 2 aliphatic heterocycles. The lowest BCUT2D eigenvalue weighted by atomic mass is 10.1.